The Bertz CT molecular complexity index is 646. The average molecular weight is 517 g/mol. The molecule has 0 unspecified atom stereocenters. The van der Waals surface area contributed by atoms with Crippen LogP contribution in [0, 0.1) is 5.92 Å². The minimum absolute atomic E-state index is 0. The Hall–Kier alpha value is -1.22. The molecule has 0 aliphatic heterocycles. The SMILES string of the molecule is CN=C(NCc1ccc(OC)c(OC2CCCC2)c1)N(C)CCOCC1CC1.I. The molecule has 1 aromatic rings. The van der Waals surface area contributed by atoms with Crippen molar-refractivity contribution in [2.45, 2.75) is 51.2 Å². The van der Waals surface area contributed by atoms with E-state index >= 15 is 0 Å². The molecule has 0 atom stereocenters. The predicted molar refractivity (Wildman–Crippen MR) is 128 cm³/mol. The molecule has 0 heterocycles. The standard InChI is InChI=1S/C22H35N3O3.HI/c1-23-22(25(2)12-13-27-16-17-8-9-17)24-15-18-10-11-20(26-3)21(14-18)28-19-6-4-5-7-19;/h10-11,14,17,19H,4-9,12-13,15-16H2,1-3H3,(H,23,24);1H. The quantitative estimate of drug-likeness (QED) is 0.220. The number of hydrogen-bond donors (Lipinski definition) is 1. The second-order valence-corrected chi connectivity index (χ2v) is 7.85. The molecular formula is C22H36IN3O3. The average Bonchev–Trinajstić information content (AvgIpc) is 3.40. The molecule has 0 aromatic heterocycles. The van der Waals surface area contributed by atoms with E-state index in [1.165, 1.54) is 25.7 Å². The van der Waals surface area contributed by atoms with Gasteiger partial charge in [0.05, 0.1) is 19.8 Å². The maximum absolute atomic E-state index is 6.20. The fraction of sp³-hybridized carbons (Fsp3) is 0.682. The summed E-state index contributed by atoms with van der Waals surface area (Å²) in [4.78, 5) is 6.49. The third kappa shape index (κ3) is 7.85. The Balaban J connectivity index is 0.00000300. The van der Waals surface area contributed by atoms with Gasteiger partial charge in [0, 0.05) is 33.8 Å². The first kappa shape index (κ1) is 24.1. The molecule has 7 heteroatoms. The highest BCUT2D eigenvalue weighted by Crippen LogP contribution is 2.32. The van der Waals surface area contributed by atoms with Crippen LogP contribution in [0.5, 0.6) is 11.5 Å². The number of halogens is 1. The highest BCUT2D eigenvalue weighted by molar-refractivity contribution is 14.0. The molecule has 2 aliphatic carbocycles. The third-order valence-corrected chi connectivity index (χ3v) is 5.47. The molecule has 164 valence electrons. The smallest absolute Gasteiger partial charge is 0.193 e. The van der Waals surface area contributed by atoms with Gasteiger partial charge in [-0.05, 0) is 62.1 Å². The van der Waals surface area contributed by atoms with Crippen molar-refractivity contribution in [1.29, 1.82) is 0 Å². The van der Waals surface area contributed by atoms with Crippen molar-refractivity contribution in [1.82, 2.24) is 10.2 Å². The molecule has 2 fully saturated rings. The number of nitrogens with one attached hydrogen (secondary N) is 1. The van der Waals surface area contributed by atoms with Crippen molar-refractivity contribution in [2.24, 2.45) is 10.9 Å². The fourth-order valence-electron chi connectivity index (χ4n) is 3.52. The van der Waals surface area contributed by atoms with E-state index in [0.29, 0.717) is 12.6 Å². The number of likely N-dealkylation sites (N-methyl/N-ethyl adjacent to an activating group) is 1. The molecule has 0 spiro atoms. The lowest BCUT2D eigenvalue weighted by Gasteiger charge is -2.22. The van der Waals surface area contributed by atoms with Gasteiger partial charge in [-0.1, -0.05) is 6.07 Å². The second kappa shape index (κ2) is 12.5. The summed E-state index contributed by atoms with van der Waals surface area (Å²) in [5.41, 5.74) is 1.15. The summed E-state index contributed by atoms with van der Waals surface area (Å²) in [6.45, 7) is 3.14. The third-order valence-electron chi connectivity index (χ3n) is 5.47. The summed E-state index contributed by atoms with van der Waals surface area (Å²) in [5, 5.41) is 3.43. The Morgan fingerprint density at radius 2 is 1.93 bits per heavy atom. The summed E-state index contributed by atoms with van der Waals surface area (Å²) in [7, 11) is 5.54. The van der Waals surface area contributed by atoms with Gasteiger partial charge >= 0.3 is 0 Å². The normalized spacial score (nSPS) is 17.0. The maximum Gasteiger partial charge on any atom is 0.193 e. The van der Waals surface area contributed by atoms with E-state index in [1.807, 2.05) is 20.2 Å². The summed E-state index contributed by atoms with van der Waals surface area (Å²) in [6.07, 6.45) is 7.73. The van der Waals surface area contributed by atoms with Gasteiger partial charge in [0.2, 0.25) is 0 Å². The van der Waals surface area contributed by atoms with Gasteiger partial charge in [0.25, 0.3) is 0 Å². The van der Waals surface area contributed by atoms with Crippen LogP contribution in [0.15, 0.2) is 23.2 Å². The van der Waals surface area contributed by atoms with Crippen LogP contribution in [0.4, 0.5) is 0 Å². The highest BCUT2D eigenvalue weighted by atomic mass is 127. The lowest BCUT2D eigenvalue weighted by molar-refractivity contribution is 0.115. The second-order valence-electron chi connectivity index (χ2n) is 7.85. The monoisotopic (exact) mass is 517 g/mol. The summed E-state index contributed by atoms with van der Waals surface area (Å²) in [6, 6.07) is 6.13. The lowest BCUT2D eigenvalue weighted by Crippen LogP contribution is -2.40. The van der Waals surface area contributed by atoms with Crippen molar-refractivity contribution in [3.63, 3.8) is 0 Å². The van der Waals surface area contributed by atoms with E-state index in [0.717, 1.165) is 61.5 Å². The number of aliphatic imine (C=N–C) groups is 1. The number of ether oxygens (including phenoxy) is 3. The van der Waals surface area contributed by atoms with Crippen LogP contribution < -0.4 is 14.8 Å². The Morgan fingerprint density at radius 1 is 1.17 bits per heavy atom. The first-order chi connectivity index (χ1) is 13.7. The van der Waals surface area contributed by atoms with E-state index in [2.05, 4.69) is 27.3 Å². The van der Waals surface area contributed by atoms with Gasteiger partial charge in [0.1, 0.15) is 0 Å². The van der Waals surface area contributed by atoms with E-state index < -0.39 is 0 Å². The van der Waals surface area contributed by atoms with Gasteiger partial charge in [-0.25, -0.2) is 0 Å². The van der Waals surface area contributed by atoms with Gasteiger partial charge < -0.3 is 24.4 Å². The van der Waals surface area contributed by atoms with Crippen LogP contribution in [-0.2, 0) is 11.3 Å². The van der Waals surface area contributed by atoms with Crippen LogP contribution in [0.3, 0.4) is 0 Å². The number of rotatable bonds is 10. The van der Waals surface area contributed by atoms with Crippen molar-refractivity contribution in [3.8, 4) is 11.5 Å². The molecule has 1 N–H and O–H groups in total. The largest absolute Gasteiger partial charge is 0.493 e. The summed E-state index contributed by atoms with van der Waals surface area (Å²) in [5.74, 6) is 3.30. The van der Waals surface area contributed by atoms with Crippen LogP contribution in [-0.4, -0.2) is 57.9 Å². The number of nitrogens with zero attached hydrogens (tertiary/aromatic N) is 2. The van der Waals surface area contributed by atoms with E-state index in [9.17, 15) is 0 Å². The van der Waals surface area contributed by atoms with Crippen molar-refractivity contribution in [2.75, 3.05) is 41.0 Å². The molecular weight excluding hydrogens is 481 g/mol. The molecule has 1 aromatic carbocycles. The molecule has 0 radical (unpaired) electrons. The zero-order valence-corrected chi connectivity index (χ0v) is 20.3. The minimum Gasteiger partial charge on any atom is -0.493 e. The Labute approximate surface area is 192 Å². The number of hydrogen-bond acceptors (Lipinski definition) is 4. The highest BCUT2D eigenvalue weighted by Gasteiger charge is 2.21. The zero-order chi connectivity index (χ0) is 19.8. The van der Waals surface area contributed by atoms with E-state index in [4.69, 9.17) is 14.2 Å². The topological polar surface area (TPSA) is 55.3 Å². The Kier molecular flexibility index (Phi) is 10.3. The van der Waals surface area contributed by atoms with Crippen LogP contribution in [0.1, 0.15) is 44.1 Å². The van der Waals surface area contributed by atoms with Crippen molar-refractivity contribution >= 4 is 29.9 Å². The van der Waals surface area contributed by atoms with Crippen LogP contribution >= 0.6 is 24.0 Å². The first-order valence-corrected chi connectivity index (χ1v) is 10.5. The van der Waals surface area contributed by atoms with E-state index in [1.54, 1.807) is 7.11 Å². The Morgan fingerprint density at radius 3 is 2.59 bits per heavy atom. The molecule has 3 rings (SSSR count). The number of benzene rings is 1. The lowest BCUT2D eigenvalue weighted by atomic mass is 10.2. The first-order valence-electron chi connectivity index (χ1n) is 10.5. The molecule has 29 heavy (non-hydrogen) atoms. The fourth-order valence-corrected chi connectivity index (χ4v) is 3.52. The van der Waals surface area contributed by atoms with Crippen LogP contribution in [0.25, 0.3) is 0 Å². The summed E-state index contributed by atoms with van der Waals surface area (Å²) >= 11 is 0. The number of methoxy groups -OCH3 is 1. The predicted octanol–water partition coefficient (Wildman–Crippen LogP) is 4.07. The molecule has 2 saturated carbocycles. The van der Waals surface area contributed by atoms with Gasteiger partial charge in [-0.3, -0.25) is 4.99 Å². The minimum atomic E-state index is 0. The zero-order valence-electron chi connectivity index (χ0n) is 18.0. The molecule has 2 aliphatic rings. The number of guanidine groups is 1. The van der Waals surface area contributed by atoms with Crippen molar-refractivity contribution < 1.29 is 14.2 Å². The maximum atomic E-state index is 6.20. The van der Waals surface area contributed by atoms with Gasteiger partial charge in [-0.15, -0.1) is 24.0 Å². The molecule has 0 saturated heterocycles. The molecule has 0 amide bonds. The van der Waals surface area contributed by atoms with Gasteiger partial charge in [-0.2, -0.15) is 0 Å². The van der Waals surface area contributed by atoms with Crippen molar-refractivity contribution in [3.05, 3.63) is 23.8 Å². The molecule has 0 bridgehead atoms. The molecule has 6 nitrogen and oxygen atoms in total. The van der Waals surface area contributed by atoms with Gasteiger partial charge in [0.15, 0.2) is 17.5 Å². The summed E-state index contributed by atoms with van der Waals surface area (Å²) < 4.78 is 17.4. The van der Waals surface area contributed by atoms with E-state index in [-0.39, 0.29) is 24.0 Å². The van der Waals surface area contributed by atoms with Crippen LogP contribution in [0.2, 0.25) is 0 Å².